The van der Waals surface area contributed by atoms with Crippen molar-refractivity contribution in [3.8, 4) is 0 Å². The zero-order chi connectivity index (χ0) is 6.28. The van der Waals surface area contributed by atoms with Gasteiger partial charge in [-0.3, -0.25) is 0 Å². The standard InChI is InChI=1S/C3H6O.2CH3.2ClH.Sn/c1-3(2)4;;;;;/h1-2H3;2*1H3;2*1H;/q;;;;;+2/p-2. The molecule has 0 rings (SSSR count). The third-order valence-corrected chi connectivity index (χ3v) is 0. The smallest absolute Gasteiger partial charge is 1.00 e. The van der Waals surface area contributed by atoms with E-state index in [1.165, 1.54) is 13.8 Å². The van der Waals surface area contributed by atoms with Crippen molar-refractivity contribution in [2.24, 2.45) is 0 Å². The van der Waals surface area contributed by atoms with E-state index in [4.69, 9.17) is 0 Å². The van der Waals surface area contributed by atoms with Crippen LogP contribution in [0.4, 0.5) is 0 Å². The van der Waals surface area contributed by atoms with Crippen molar-refractivity contribution < 1.29 is 29.6 Å². The van der Waals surface area contributed by atoms with Crippen LogP contribution in [0.2, 0.25) is 9.88 Å². The molecule has 0 aromatic heterocycles. The largest absolute Gasteiger partial charge is 1.00 e. The van der Waals surface area contributed by atoms with Crippen LogP contribution < -0.4 is 24.8 Å². The molecule has 0 atom stereocenters. The summed E-state index contributed by atoms with van der Waals surface area (Å²) in [6.45, 7) is 3.06. The van der Waals surface area contributed by atoms with E-state index in [1.54, 1.807) is 0 Å². The molecule has 0 unspecified atom stereocenters. The van der Waals surface area contributed by atoms with Crippen molar-refractivity contribution >= 4 is 26.9 Å². The molecular formula is C5H12Cl2OSn. The van der Waals surface area contributed by atoms with Crippen molar-refractivity contribution in [1.82, 2.24) is 0 Å². The van der Waals surface area contributed by atoms with Crippen LogP contribution in [0, 0.1) is 0 Å². The SMILES string of the molecule is CC(C)=O.[CH3][Sn+2][CH3].[Cl-].[Cl-]. The van der Waals surface area contributed by atoms with Crippen LogP contribution in [0.1, 0.15) is 13.8 Å². The molecule has 0 amide bonds. The first-order valence-corrected chi connectivity index (χ1v) is 7.91. The maximum absolute atomic E-state index is 9.44. The number of hydrogen-bond acceptors (Lipinski definition) is 1. The van der Waals surface area contributed by atoms with Crippen molar-refractivity contribution in [2.75, 3.05) is 0 Å². The van der Waals surface area contributed by atoms with Crippen LogP contribution in [-0.4, -0.2) is 26.9 Å². The Morgan fingerprint density at radius 1 is 1.11 bits per heavy atom. The van der Waals surface area contributed by atoms with Gasteiger partial charge in [0.1, 0.15) is 5.78 Å². The molecule has 0 aromatic carbocycles. The van der Waals surface area contributed by atoms with Gasteiger partial charge in [0.25, 0.3) is 0 Å². The number of hydrogen-bond donors (Lipinski definition) is 0. The molecule has 0 heterocycles. The van der Waals surface area contributed by atoms with Crippen molar-refractivity contribution in [1.29, 1.82) is 0 Å². The predicted molar refractivity (Wildman–Crippen MR) is 33.8 cm³/mol. The maximum Gasteiger partial charge on any atom is -1.00 e. The number of carbonyl (C=O) groups excluding carboxylic acids is 1. The summed E-state index contributed by atoms with van der Waals surface area (Å²) in [6.07, 6.45) is 0. The molecule has 0 radical (unpaired) electrons. The molecule has 1 nitrogen and oxygen atoms in total. The Bertz CT molecular complexity index is 46.2. The monoisotopic (exact) mass is 278 g/mol. The van der Waals surface area contributed by atoms with Crippen LogP contribution >= 0.6 is 0 Å². The Balaban J connectivity index is -0.0000000233. The second kappa shape index (κ2) is 23.0. The molecular weight excluding hydrogens is 266 g/mol. The maximum atomic E-state index is 9.44. The number of rotatable bonds is 0. The van der Waals surface area contributed by atoms with Gasteiger partial charge < -0.3 is 29.6 Å². The van der Waals surface area contributed by atoms with Crippen molar-refractivity contribution in [3.63, 3.8) is 0 Å². The molecule has 0 saturated heterocycles. The van der Waals surface area contributed by atoms with E-state index in [1.807, 2.05) is 0 Å². The topological polar surface area (TPSA) is 17.1 Å². The summed E-state index contributed by atoms with van der Waals surface area (Å²) in [4.78, 5) is 14.0. The molecule has 0 fully saturated rings. The second-order valence-corrected chi connectivity index (χ2v) is 4.26. The van der Waals surface area contributed by atoms with Gasteiger partial charge in [0.15, 0.2) is 0 Å². The van der Waals surface area contributed by atoms with Gasteiger partial charge in [0.05, 0.1) is 0 Å². The van der Waals surface area contributed by atoms with E-state index in [2.05, 4.69) is 9.88 Å². The van der Waals surface area contributed by atoms with Crippen LogP contribution in [0.15, 0.2) is 0 Å². The number of ketones is 1. The van der Waals surface area contributed by atoms with Crippen LogP contribution in [0.3, 0.4) is 0 Å². The third-order valence-electron chi connectivity index (χ3n) is 0. The van der Waals surface area contributed by atoms with Gasteiger partial charge in [-0.25, -0.2) is 0 Å². The molecule has 4 heteroatoms. The van der Waals surface area contributed by atoms with E-state index in [0.29, 0.717) is 0 Å². The van der Waals surface area contributed by atoms with Gasteiger partial charge in [-0.2, -0.15) is 0 Å². The quantitative estimate of drug-likeness (QED) is 0.407. The molecule has 56 valence electrons. The summed E-state index contributed by atoms with van der Waals surface area (Å²) in [6, 6.07) is 0. The molecule has 0 N–H and O–H groups in total. The summed E-state index contributed by atoms with van der Waals surface area (Å²) in [5, 5.41) is 0. The number of halogens is 2. The Labute approximate surface area is 80.0 Å². The molecule has 9 heavy (non-hydrogen) atoms. The summed E-state index contributed by atoms with van der Waals surface area (Å²) >= 11 is 0.230. The molecule has 0 aliphatic heterocycles. The summed E-state index contributed by atoms with van der Waals surface area (Å²) in [7, 11) is 0. The summed E-state index contributed by atoms with van der Waals surface area (Å²) in [5.41, 5.74) is 0. The van der Waals surface area contributed by atoms with Gasteiger partial charge in [0, 0.05) is 0 Å². The van der Waals surface area contributed by atoms with Gasteiger partial charge >= 0.3 is 31.0 Å². The fraction of sp³-hybridized carbons (Fsp3) is 0.800. The normalized spacial score (nSPS) is 4.00. The van der Waals surface area contributed by atoms with E-state index in [-0.39, 0.29) is 51.7 Å². The van der Waals surface area contributed by atoms with Gasteiger partial charge in [-0.05, 0) is 13.8 Å². The van der Waals surface area contributed by atoms with Crippen LogP contribution in [0.25, 0.3) is 0 Å². The second-order valence-electron chi connectivity index (χ2n) is 1.41. The van der Waals surface area contributed by atoms with Gasteiger partial charge in [-0.15, -0.1) is 0 Å². The van der Waals surface area contributed by atoms with Crippen molar-refractivity contribution in [2.45, 2.75) is 23.7 Å². The Morgan fingerprint density at radius 2 is 1.11 bits per heavy atom. The van der Waals surface area contributed by atoms with E-state index >= 15 is 0 Å². The minimum atomic E-state index is 0. The van der Waals surface area contributed by atoms with E-state index < -0.39 is 0 Å². The zero-order valence-corrected chi connectivity index (χ0v) is 10.5. The van der Waals surface area contributed by atoms with E-state index in [9.17, 15) is 4.79 Å². The number of Topliss-reactive ketones (excluding diaryl/α,β-unsaturated/α-hetero) is 1. The van der Waals surface area contributed by atoms with Crippen LogP contribution in [-0.2, 0) is 4.79 Å². The van der Waals surface area contributed by atoms with E-state index in [0.717, 1.165) is 0 Å². The Hall–Kier alpha value is 1.05. The number of carbonyl (C=O) groups is 1. The Kier molecular flexibility index (Phi) is 57.5. The molecule has 0 aromatic rings. The summed E-state index contributed by atoms with van der Waals surface area (Å²) < 4.78 is 0. The fourth-order valence-corrected chi connectivity index (χ4v) is 0. The first kappa shape index (κ1) is 22.5. The minimum absolute atomic E-state index is 0. The van der Waals surface area contributed by atoms with Gasteiger partial charge in [-0.1, -0.05) is 0 Å². The van der Waals surface area contributed by atoms with Gasteiger partial charge in [0.2, 0.25) is 0 Å². The molecule has 0 aliphatic rings. The van der Waals surface area contributed by atoms with Crippen molar-refractivity contribution in [3.05, 3.63) is 0 Å². The summed E-state index contributed by atoms with van der Waals surface area (Å²) in [5.74, 6) is 0.167. The fourth-order valence-electron chi connectivity index (χ4n) is 0. The average Bonchev–Trinajstić information content (AvgIpc) is 1.33. The first-order chi connectivity index (χ1) is 3.15. The molecule has 0 bridgehead atoms. The predicted octanol–water partition coefficient (Wildman–Crippen LogP) is -4.61. The average molecular weight is 278 g/mol. The third kappa shape index (κ3) is 409. The zero-order valence-electron chi connectivity index (χ0n) is 6.16. The Morgan fingerprint density at radius 3 is 1.11 bits per heavy atom. The minimum Gasteiger partial charge on any atom is -1.00 e. The van der Waals surface area contributed by atoms with Crippen LogP contribution in [0.5, 0.6) is 0 Å². The molecule has 0 spiro atoms. The first-order valence-electron chi connectivity index (χ1n) is 2.20. The molecule has 0 aliphatic carbocycles. The molecule has 0 saturated carbocycles.